The zero-order chi connectivity index (χ0) is 21.2. The van der Waals surface area contributed by atoms with Gasteiger partial charge in [0.25, 0.3) is 0 Å². The Hall–Kier alpha value is -1.99. The first-order chi connectivity index (χ1) is 15.2. The summed E-state index contributed by atoms with van der Waals surface area (Å²) in [6.07, 6.45) is 10.0. The molecule has 168 valence electrons. The monoisotopic (exact) mass is 425 g/mol. The molecule has 3 fully saturated rings. The van der Waals surface area contributed by atoms with Gasteiger partial charge in [-0.15, -0.1) is 0 Å². The minimum Gasteiger partial charge on any atom is -0.379 e. The van der Waals surface area contributed by atoms with Crippen LogP contribution in [0.25, 0.3) is 5.65 Å². The van der Waals surface area contributed by atoms with E-state index in [0.717, 1.165) is 76.0 Å². The van der Waals surface area contributed by atoms with E-state index in [4.69, 9.17) is 9.84 Å². The maximum atomic E-state index is 12.8. The molecular weight excluding hydrogens is 390 g/mol. The number of hydrogen-bond acceptors (Lipinski definition) is 5. The minimum absolute atomic E-state index is 0.330. The van der Waals surface area contributed by atoms with E-state index < -0.39 is 0 Å². The topological polar surface area (TPSA) is 63.0 Å². The molecule has 4 heterocycles. The van der Waals surface area contributed by atoms with Crippen LogP contribution in [-0.4, -0.2) is 69.7 Å². The van der Waals surface area contributed by atoms with Crippen molar-refractivity contribution in [3.63, 3.8) is 0 Å². The molecule has 1 amide bonds. The Balaban J connectivity index is 1.28. The Kier molecular flexibility index (Phi) is 6.23. The first kappa shape index (κ1) is 20.9. The van der Waals surface area contributed by atoms with E-state index in [1.807, 2.05) is 10.7 Å². The zero-order valence-corrected chi connectivity index (χ0v) is 18.8. The molecule has 1 aliphatic carbocycles. The van der Waals surface area contributed by atoms with Gasteiger partial charge in [-0.3, -0.25) is 9.69 Å². The van der Waals surface area contributed by atoms with Crippen LogP contribution in [0.4, 0.5) is 0 Å². The van der Waals surface area contributed by atoms with Crippen LogP contribution in [0.3, 0.4) is 0 Å². The number of carbonyl (C=O) groups excluding carboxylic acids is 1. The number of rotatable bonds is 6. The molecule has 7 heteroatoms. The van der Waals surface area contributed by atoms with Gasteiger partial charge in [0.2, 0.25) is 5.91 Å². The lowest BCUT2D eigenvalue weighted by Crippen LogP contribution is -2.35. The van der Waals surface area contributed by atoms with Crippen molar-refractivity contribution in [3.05, 3.63) is 29.2 Å². The van der Waals surface area contributed by atoms with E-state index in [0.29, 0.717) is 18.2 Å². The minimum atomic E-state index is 0.330. The lowest BCUT2D eigenvalue weighted by atomic mass is 10.0. The first-order valence-electron chi connectivity index (χ1n) is 12.1. The van der Waals surface area contributed by atoms with Crippen molar-refractivity contribution in [2.45, 2.75) is 64.3 Å². The van der Waals surface area contributed by atoms with Crippen molar-refractivity contribution >= 4 is 11.6 Å². The SMILES string of the molecule is Cc1nn2c(C3CCN(C(=O)CCC4CCCC4)C3)ccnc2c1CN1CCOCC1. The Morgan fingerprint density at radius 3 is 2.77 bits per heavy atom. The third-order valence-electron chi connectivity index (χ3n) is 7.53. The second-order valence-corrected chi connectivity index (χ2v) is 9.57. The molecule has 0 radical (unpaired) electrons. The molecule has 0 N–H and O–H groups in total. The van der Waals surface area contributed by atoms with Gasteiger partial charge in [-0.25, -0.2) is 9.50 Å². The van der Waals surface area contributed by atoms with E-state index in [9.17, 15) is 4.79 Å². The molecule has 0 bridgehead atoms. The summed E-state index contributed by atoms with van der Waals surface area (Å²) in [5.41, 5.74) is 4.42. The summed E-state index contributed by atoms with van der Waals surface area (Å²) < 4.78 is 7.53. The van der Waals surface area contributed by atoms with Crippen LogP contribution in [0.1, 0.15) is 67.8 Å². The van der Waals surface area contributed by atoms with E-state index in [2.05, 4.69) is 27.8 Å². The van der Waals surface area contributed by atoms with Crippen LogP contribution in [-0.2, 0) is 16.1 Å². The lowest BCUT2D eigenvalue weighted by Gasteiger charge is -2.26. The summed E-state index contributed by atoms with van der Waals surface area (Å²) in [5, 5.41) is 4.87. The fourth-order valence-electron chi connectivity index (χ4n) is 5.60. The summed E-state index contributed by atoms with van der Waals surface area (Å²) in [6.45, 7) is 8.12. The van der Waals surface area contributed by atoms with Gasteiger partial charge in [0.1, 0.15) is 0 Å². The van der Waals surface area contributed by atoms with Crippen molar-refractivity contribution < 1.29 is 9.53 Å². The molecule has 0 spiro atoms. The second-order valence-electron chi connectivity index (χ2n) is 9.57. The van der Waals surface area contributed by atoms with Crippen molar-refractivity contribution in [2.24, 2.45) is 5.92 Å². The molecule has 3 aliphatic rings. The summed E-state index contributed by atoms with van der Waals surface area (Å²) in [6, 6.07) is 2.09. The highest BCUT2D eigenvalue weighted by Crippen LogP contribution is 2.31. The van der Waals surface area contributed by atoms with Gasteiger partial charge < -0.3 is 9.64 Å². The average molecular weight is 426 g/mol. The second kappa shape index (κ2) is 9.25. The molecular formula is C24H35N5O2. The van der Waals surface area contributed by atoms with E-state index >= 15 is 0 Å². The molecule has 0 aromatic carbocycles. The Morgan fingerprint density at radius 1 is 1.16 bits per heavy atom. The third kappa shape index (κ3) is 4.48. The highest BCUT2D eigenvalue weighted by molar-refractivity contribution is 5.76. The standard InChI is InChI=1S/C24H35N5O2/c1-18-21(17-27-12-14-31-15-13-27)24-25-10-8-22(29(24)26-18)20-9-11-28(16-20)23(30)7-6-19-4-2-3-5-19/h8,10,19-20H,2-7,9,11-17H2,1H3. The number of hydrogen-bond donors (Lipinski definition) is 0. The van der Waals surface area contributed by atoms with Gasteiger partial charge in [0, 0.05) is 56.8 Å². The number of aryl methyl sites for hydroxylation is 1. The fraction of sp³-hybridized carbons (Fsp3) is 0.708. The van der Waals surface area contributed by atoms with Crippen LogP contribution in [0, 0.1) is 12.8 Å². The predicted molar refractivity (Wildman–Crippen MR) is 119 cm³/mol. The number of ether oxygens (including phenoxy) is 1. The van der Waals surface area contributed by atoms with E-state index in [1.54, 1.807) is 0 Å². The molecule has 2 aliphatic heterocycles. The Morgan fingerprint density at radius 2 is 1.97 bits per heavy atom. The van der Waals surface area contributed by atoms with E-state index in [1.165, 1.54) is 36.9 Å². The normalized spacial score (nSPS) is 23.3. The highest BCUT2D eigenvalue weighted by atomic mass is 16.5. The zero-order valence-electron chi connectivity index (χ0n) is 18.8. The lowest BCUT2D eigenvalue weighted by molar-refractivity contribution is -0.130. The van der Waals surface area contributed by atoms with E-state index in [-0.39, 0.29) is 0 Å². The van der Waals surface area contributed by atoms with Gasteiger partial charge in [-0.2, -0.15) is 5.10 Å². The number of nitrogens with zero attached hydrogens (tertiary/aromatic N) is 5. The smallest absolute Gasteiger partial charge is 0.222 e. The maximum Gasteiger partial charge on any atom is 0.222 e. The molecule has 7 nitrogen and oxygen atoms in total. The summed E-state index contributed by atoms with van der Waals surface area (Å²) in [7, 11) is 0. The van der Waals surface area contributed by atoms with Gasteiger partial charge in [0.15, 0.2) is 5.65 Å². The van der Waals surface area contributed by atoms with Gasteiger partial charge >= 0.3 is 0 Å². The molecule has 2 aromatic rings. The predicted octanol–water partition coefficient (Wildman–Crippen LogP) is 3.16. The van der Waals surface area contributed by atoms with Crippen molar-refractivity contribution in [1.29, 1.82) is 0 Å². The molecule has 1 atom stereocenters. The molecule has 1 unspecified atom stereocenters. The van der Waals surface area contributed by atoms with Crippen LogP contribution in [0.5, 0.6) is 0 Å². The van der Waals surface area contributed by atoms with Crippen molar-refractivity contribution in [1.82, 2.24) is 24.4 Å². The number of aromatic nitrogens is 3. The summed E-state index contributed by atoms with van der Waals surface area (Å²) in [5.74, 6) is 1.44. The number of amides is 1. The number of carbonyl (C=O) groups is 1. The maximum absolute atomic E-state index is 12.8. The Bertz CT molecular complexity index is 914. The largest absolute Gasteiger partial charge is 0.379 e. The quantitative estimate of drug-likeness (QED) is 0.711. The number of likely N-dealkylation sites (tertiary alicyclic amines) is 1. The number of fused-ring (bicyclic) bond motifs is 1. The molecule has 31 heavy (non-hydrogen) atoms. The molecule has 2 saturated heterocycles. The van der Waals surface area contributed by atoms with Gasteiger partial charge in [0.05, 0.1) is 24.6 Å². The molecule has 5 rings (SSSR count). The Labute approximate surface area is 184 Å². The van der Waals surface area contributed by atoms with Crippen molar-refractivity contribution in [2.75, 3.05) is 39.4 Å². The van der Waals surface area contributed by atoms with Crippen LogP contribution < -0.4 is 0 Å². The molecule has 2 aromatic heterocycles. The molecule has 1 saturated carbocycles. The summed E-state index contributed by atoms with van der Waals surface area (Å²) >= 11 is 0. The third-order valence-corrected chi connectivity index (χ3v) is 7.53. The highest BCUT2D eigenvalue weighted by Gasteiger charge is 2.30. The fourth-order valence-corrected chi connectivity index (χ4v) is 5.60. The van der Waals surface area contributed by atoms with Gasteiger partial charge in [-0.1, -0.05) is 25.7 Å². The van der Waals surface area contributed by atoms with Crippen LogP contribution in [0.15, 0.2) is 12.3 Å². The van der Waals surface area contributed by atoms with Crippen molar-refractivity contribution in [3.8, 4) is 0 Å². The average Bonchev–Trinajstić information content (AvgIpc) is 3.54. The van der Waals surface area contributed by atoms with Gasteiger partial charge in [-0.05, 0) is 31.7 Å². The number of morpholine rings is 1. The van der Waals surface area contributed by atoms with Crippen LogP contribution in [0.2, 0.25) is 0 Å². The summed E-state index contributed by atoms with van der Waals surface area (Å²) in [4.78, 5) is 22.0. The first-order valence-corrected chi connectivity index (χ1v) is 12.1. The van der Waals surface area contributed by atoms with Crippen LogP contribution >= 0.6 is 0 Å².